The summed E-state index contributed by atoms with van der Waals surface area (Å²) in [6, 6.07) is 87.0. The number of rotatable bonds is 8. The molecular formula is C63H45NS. The Morgan fingerprint density at radius 1 is 0.323 bits per heavy atom. The van der Waals surface area contributed by atoms with Crippen LogP contribution in [-0.4, -0.2) is 0 Å². The summed E-state index contributed by atoms with van der Waals surface area (Å²) in [6.45, 7) is 4.72. The fraction of sp³-hybridized carbons (Fsp3) is 0.0476. The fourth-order valence-electron chi connectivity index (χ4n) is 10.2. The molecule has 0 aliphatic heterocycles. The van der Waals surface area contributed by atoms with Crippen LogP contribution in [0.15, 0.2) is 237 Å². The van der Waals surface area contributed by atoms with Gasteiger partial charge in [-0.25, -0.2) is 0 Å². The number of hydrogen-bond donors (Lipinski definition) is 0. The lowest BCUT2D eigenvalue weighted by molar-refractivity contribution is 0.660. The minimum absolute atomic E-state index is 0.122. The van der Waals surface area contributed by atoms with Gasteiger partial charge in [0.1, 0.15) is 0 Å². The van der Waals surface area contributed by atoms with Crippen LogP contribution in [0.25, 0.3) is 86.9 Å². The summed E-state index contributed by atoms with van der Waals surface area (Å²) in [5.41, 5.74) is 20.8. The Bertz CT molecular complexity index is 3530. The molecule has 0 fully saturated rings. The van der Waals surface area contributed by atoms with Gasteiger partial charge in [0.2, 0.25) is 0 Å². The maximum atomic E-state index is 2.43. The summed E-state index contributed by atoms with van der Waals surface area (Å²) >= 11 is 1.89. The highest BCUT2D eigenvalue weighted by atomic mass is 32.1. The molecule has 12 rings (SSSR count). The van der Waals surface area contributed by atoms with E-state index in [2.05, 4.69) is 255 Å². The molecule has 0 spiro atoms. The smallest absolute Gasteiger partial charge is 0.0465 e. The highest BCUT2D eigenvalue weighted by Gasteiger charge is 2.35. The number of fused-ring (bicyclic) bond motifs is 6. The topological polar surface area (TPSA) is 3.24 Å². The minimum Gasteiger partial charge on any atom is -0.310 e. The van der Waals surface area contributed by atoms with Gasteiger partial charge in [-0.1, -0.05) is 208 Å². The van der Waals surface area contributed by atoms with Crippen LogP contribution in [0.2, 0.25) is 0 Å². The van der Waals surface area contributed by atoms with E-state index in [1.807, 2.05) is 11.3 Å². The molecule has 0 saturated carbocycles. The average Bonchev–Trinajstić information content (AvgIpc) is 3.86. The van der Waals surface area contributed by atoms with E-state index in [-0.39, 0.29) is 5.41 Å². The first-order valence-corrected chi connectivity index (χ1v) is 23.3. The zero-order valence-electron chi connectivity index (χ0n) is 36.4. The van der Waals surface area contributed by atoms with Crippen molar-refractivity contribution < 1.29 is 0 Å². The third-order valence-electron chi connectivity index (χ3n) is 13.5. The van der Waals surface area contributed by atoms with E-state index >= 15 is 0 Å². The van der Waals surface area contributed by atoms with E-state index < -0.39 is 0 Å². The Kier molecular flexibility index (Phi) is 9.44. The van der Waals surface area contributed by atoms with Gasteiger partial charge in [-0.05, 0) is 115 Å². The molecule has 0 radical (unpaired) electrons. The Morgan fingerprint density at radius 3 is 1.46 bits per heavy atom. The molecule has 0 N–H and O–H groups in total. The maximum Gasteiger partial charge on any atom is 0.0465 e. The van der Waals surface area contributed by atoms with Crippen molar-refractivity contribution in [3.8, 4) is 66.8 Å². The molecule has 0 atom stereocenters. The molecule has 0 unspecified atom stereocenters. The van der Waals surface area contributed by atoms with Crippen LogP contribution >= 0.6 is 11.3 Å². The van der Waals surface area contributed by atoms with E-state index in [1.165, 1.54) is 98.1 Å². The Balaban J connectivity index is 0.981. The molecule has 65 heavy (non-hydrogen) atoms. The second-order valence-corrected chi connectivity index (χ2v) is 18.7. The molecule has 1 aliphatic carbocycles. The van der Waals surface area contributed by atoms with Crippen LogP contribution in [-0.2, 0) is 5.41 Å². The second kappa shape index (κ2) is 15.8. The molecule has 1 heterocycles. The van der Waals surface area contributed by atoms with Crippen LogP contribution in [0.1, 0.15) is 25.0 Å². The van der Waals surface area contributed by atoms with E-state index in [4.69, 9.17) is 0 Å². The quantitative estimate of drug-likeness (QED) is 0.147. The average molecular weight is 848 g/mol. The van der Waals surface area contributed by atoms with Crippen molar-refractivity contribution in [2.75, 3.05) is 4.90 Å². The predicted molar refractivity (Wildman–Crippen MR) is 279 cm³/mol. The number of anilines is 3. The van der Waals surface area contributed by atoms with Crippen molar-refractivity contribution in [2.24, 2.45) is 0 Å². The zero-order valence-corrected chi connectivity index (χ0v) is 37.2. The third-order valence-corrected chi connectivity index (χ3v) is 14.7. The largest absolute Gasteiger partial charge is 0.310 e. The number of benzene rings is 10. The van der Waals surface area contributed by atoms with Crippen LogP contribution < -0.4 is 4.90 Å². The monoisotopic (exact) mass is 847 g/mol. The molecule has 0 amide bonds. The third kappa shape index (κ3) is 6.69. The van der Waals surface area contributed by atoms with Crippen molar-refractivity contribution in [3.63, 3.8) is 0 Å². The van der Waals surface area contributed by atoms with Gasteiger partial charge < -0.3 is 4.90 Å². The first-order chi connectivity index (χ1) is 32.0. The first-order valence-electron chi connectivity index (χ1n) is 22.5. The molecule has 1 aliphatic rings. The van der Waals surface area contributed by atoms with E-state index in [0.29, 0.717) is 0 Å². The number of hydrogen-bond acceptors (Lipinski definition) is 2. The summed E-state index contributed by atoms with van der Waals surface area (Å²) in [5, 5.41) is 2.61. The summed E-state index contributed by atoms with van der Waals surface area (Å²) in [5.74, 6) is 0. The van der Waals surface area contributed by atoms with Gasteiger partial charge in [0.05, 0.1) is 0 Å². The summed E-state index contributed by atoms with van der Waals surface area (Å²) in [4.78, 5) is 2.43. The maximum absolute atomic E-state index is 2.43. The second-order valence-electron chi connectivity index (χ2n) is 17.6. The zero-order chi connectivity index (χ0) is 43.5. The normalized spacial score (nSPS) is 12.6. The molecule has 11 aromatic rings. The van der Waals surface area contributed by atoms with Gasteiger partial charge >= 0.3 is 0 Å². The summed E-state index contributed by atoms with van der Waals surface area (Å²) in [7, 11) is 0. The Labute approximate surface area is 385 Å². The SMILES string of the molecule is CC1(C)c2ccccc2-c2ccc(N(c3ccc(-c4ccccc4-c4ccccc4)cc3)c3ccc(-c4ccc5c(sc6ccccc65)c4-c4ccc(-c5ccccc5)cc4)cc3)cc21. The lowest BCUT2D eigenvalue weighted by atomic mass is 9.82. The van der Waals surface area contributed by atoms with Gasteiger partial charge in [-0.3, -0.25) is 0 Å². The van der Waals surface area contributed by atoms with E-state index in [1.54, 1.807) is 0 Å². The minimum atomic E-state index is -0.122. The van der Waals surface area contributed by atoms with E-state index in [0.717, 1.165) is 17.1 Å². The van der Waals surface area contributed by atoms with Gasteiger partial charge in [-0.15, -0.1) is 11.3 Å². The Morgan fingerprint density at radius 2 is 0.785 bits per heavy atom. The van der Waals surface area contributed by atoms with Crippen LogP contribution in [0.5, 0.6) is 0 Å². The summed E-state index contributed by atoms with van der Waals surface area (Å²) < 4.78 is 2.63. The van der Waals surface area contributed by atoms with Gasteiger partial charge in [-0.2, -0.15) is 0 Å². The van der Waals surface area contributed by atoms with Gasteiger partial charge in [0.25, 0.3) is 0 Å². The standard InChI is InChI=1S/C63H45NS/c1-63(2)58-23-13-11-21-54(58)55-38-37-50(41-59(55)63)64(48-33-29-45(30-34-48)52-20-10-9-19-51(52)44-17-7-4-8-18-44)49-35-31-46(32-36-49)53-39-40-57-56-22-12-14-24-60(56)65-62(57)61(53)47-27-25-43(26-28-47)42-15-5-3-6-16-42/h3-41H,1-2H3. The molecule has 2 heteroatoms. The fourth-order valence-corrected chi connectivity index (χ4v) is 11.5. The Hall–Kier alpha value is -7.78. The van der Waals surface area contributed by atoms with Crippen molar-refractivity contribution in [2.45, 2.75) is 19.3 Å². The lowest BCUT2D eigenvalue weighted by Crippen LogP contribution is -2.16. The highest BCUT2D eigenvalue weighted by Crippen LogP contribution is 2.51. The van der Waals surface area contributed by atoms with Crippen molar-refractivity contribution in [3.05, 3.63) is 248 Å². The van der Waals surface area contributed by atoms with Crippen LogP contribution in [0.4, 0.5) is 17.1 Å². The van der Waals surface area contributed by atoms with Gasteiger partial charge in [0.15, 0.2) is 0 Å². The van der Waals surface area contributed by atoms with Crippen LogP contribution in [0, 0.1) is 0 Å². The predicted octanol–water partition coefficient (Wildman–Crippen LogP) is 18.2. The molecular weight excluding hydrogens is 803 g/mol. The molecule has 0 saturated heterocycles. The highest BCUT2D eigenvalue weighted by molar-refractivity contribution is 7.26. The lowest BCUT2D eigenvalue weighted by Gasteiger charge is -2.28. The van der Waals surface area contributed by atoms with Crippen molar-refractivity contribution >= 4 is 48.6 Å². The van der Waals surface area contributed by atoms with Crippen molar-refractivity contribution in [1.82, 2.24) is 0 Å². The molecule has 308 valence electrons. The summed E-state index contributed by atoms with van der Waals surface area (Å²) in [6.07, 6.45) is 0. The number of thiophene rings is 1. The molecule has 1 nitrogen and oxygen atoms in total. The first kappa shape index (κ1) is 38.9. The van der Waals surface area contributed by atoms with Gasteiger partial charge in [0, 0.05) is 48.2 Å². The van der Waals surface area contributed by atoms with Crippen molar-refractivity contribution in [1.29, 1.82) is 0 Å². The number of nitrogens with zero attached hydrogens (tertiary/aromatic N) is 1. The van der Waals surface area contributed by atoms with Crippen LogP contribution in [0.3, 0.4) is 0 Å². The molecule has 0 bridgehead atoms. The molecule has 10 aromatic carbocycles. The molecule has 1 aromatic heterocycles. The van der Waals surface area contributed by atoms with E-state index in [9.17, 15) is 0 Å².